The first-order valence-corrected chi connectivity index (χ1v) is 7.48. The van der Waals surface area contributed by atoms with Crippen LogP contribution in [0.25, 0.3) is 0 Å². The molecule has 0 bridgehead atoms. The Hall–Kier alpha value is -1.06. The van der Waals surface area contributed by atoms with E-state index in [2.05, 4.69) is 41.4 Å². The molecule has 1 aromatic carbocycles. The molecular formula is C16H24N2O. The summed E-state index contributed by atoms with van der Waals surface area (Å²) in [5, 5.41) is 3.41. The van der Waals surface area contributed by atoms with E-state index in [1.807, 2.05) is 0 Å². The average Bonchev–Trinajstić information content (AvgIpc) is 2.45. The number of benzene rings is 1. The molecule has 2 heterocycles. The van der Waals surface area contributed by atoms with E-state index in [9.17, 15) is 0 Å². The molecule has 3 rings (SSSR count). The van der Waals surface area contributed by atoms with Gasteiger partial charge in [0.25, 0.3) is 0 Å². The van der Waals surface area contributed by atoms with Gasteiger partial charge in [0.1, 0.15) is 0 Å². The minimum atomic E-state index is 0.387. The normalized spacial score (nSPS) is 27.1. The lowest BCUT2D eigenvalue weighted by atomic mass is 9.93. The molecule has 2 aliphatic rings. The molecule has 0 aromatic heterocycles. The van der Waals surface area contributed by atoms with Crippen molar-refractivity contribution in [2.24, 2.45) is 5.92 Å². The Balaban J connectivity index is 1.64. The maximum Gasteiger partial charge on any atom is 0.0716 e. The number of para-hydroxylation sites is 1. The largest absolute Gasteiger partial charge is 0.376 e. The van der Waals surface area contributed by atoms with E-state index < -0.39 is 0 Å². The van der Waals surface area contributed by atoms with Gasteiger partial charge in [0.2, 0.25) is 0 Å². The molecule has 2 aliphatic heterocycles. The van der Waals surface area contributed by atoms with Gasteiger partial charge in [0.15, 0.2) is 0 Å². The minimum absolute atomic E-state index is 0.387. The smallest absolute Gasteiger partial charge is 0.0716 e. The molecule has 0 amide bonds. The molecule has 3 nitrogen and oxygen atoms in total. The Morgan fingerprint density at radius 1 is 1.37 bits per heavy atom. The van der Waals surface area contributed by atoms with Gasteiger partial charge >= 0.3 is 0 Å². The molecule has 2 unspecified atom stereocenters. The van der Waals surface area contributed by atoms with Crippen molar-refractivity contribution in [1.29, 1.82) is 0 Å². The summed E-state index contributed by atoms with van der Waals surface area (Å²) in [4.78, 5) is 2.54. The molecule has 0 radical (unpaired) electrons. The minimum Gasteiger partial charge on any atom is -0.376 e. The van der Waals surface area contributed by atoms with E-state index in [4.69, 9.17) is 4.74 Å². The lowest BCUT2D eigenvalue weighted by Gasteiger charge is -2.36. The van der Waals surface area contributed by atoms with Gasteiger partial charge in [-0.05, 0) is 30.4 Å². The number of nitrogens with zero attached hydrogens (tertiary/aromatic N) is 1. The van der Waals surface area contributed by atoms with Crippen LogP contribution >= 0.6 is 0 Å². The Morgan fingerprint density at radius 2 is 2.26 bits per heavy atom. The van der Waals surface area contributed by atoms with E-state index in [0.29, 0.717) is 6.10 Å². The Kier molecular flexibility index (Phi) is 4.04. The standard InChI is InChI=1S/C16H24N2O/c1-13-10-14-4-2-3-5-16(14)18(12-13)8-6-15-11-17-7-9-19-15/h2-5,13,15,17H,6-12H2,1H3. The number of anilines is 1. The van der Waals surface area contributed by atoms with E-state index in [1.165, 1.54) is 24.2 Å². The highest BCUT2D eigenvalue weighted by Crippen LogP contribution is 2.29. The zero-order valence-corrected chi connectivity index (χ0v) is 11.8. The molecule has 0 saturated carbocycles. The van der Waals surface area contributed by atoms with Crippen LogP contribution in [0.2, 0.25) is 0 Å². The van der Waals surface area contributed by atoms with Gasteiger partial charge in [0.05, 0.1) is 12.7 Å². The maximum absolute atomic E-state index is 5.79. The van der Waals surface area contributed by atoms with Crippen molar-refractivity contribution in [3.05, 3.63) is 29.8 Å². The molecule has 0 spiro atoms. The Bertz CT molecular complexity index is 415. The van der Waals surface area contributed by atoms with Crippen LogP contribution in [-0.2, 0) is 11.2 Å². The average molecular weight is 260 g/mol. The number of rotatable bonds is 3. The van der Waals surface area contributed by atoms with E-state index in [-0.39, 0.29) is 0 Å². The van der Waals surface area contributed by atoms with Gasteiger partial charge in [-0.2, -0.15) is 0 Å². The Labute approximate surface area is 115 Å². The fourth-order valence-electron chi connectivity index (χ4n) is 3.22. The van der Waals surface area contributed by atoms with Crippen molar-refractivity contribution < 1.29 is 4.74 Å². The maximum atomic E-state index is 5.79. The molecule has 1 aromatic rings. The highest BCUT2D eigenvalue weighted by atomic mass is 16.5. The summed E-state index contributed by atoms with van der Waals surface area (Å²) in [5.41, 5.74) is 2.94. The quantitative estimate of drug-likeness (QED) is 0.900. The number of hydrogen-bond donors (Lipinski definition) is 1. The predicted octanol–water partition coefficient (Wildman–Crippen LogP) is 2.06. The van der Waals surface area contributed by atoms with Crippen molar-refractivity contribution in [3.8, 4) is 0 Å². The van der Waals surface area contributed by atoms with Crippen LogP contribution in [0.5, 0.6) is 0 Å². The topological polar surface area (TPSA) is 24.5 Å². The zero-order valence-electron chi connectivity index (χ0n) is 11.8. The van der Waals surface area contributed by atoms with E-state index in [1.54, 1.807) is 0 Å². The number of nitrogens with one attached hydrogen (secondary N) is 1. The third-order valence-corrected chi connectivity index (χ3v) is 4.16. The van der Waals surface area contributed by atoms with Crippen molar-refractivity contribution in [2.45, 2.75) is 25.9 Å². The lowest BCUT2D eigenvalue weighted by molar-refractivity contribution is 0.0247. The molecule has 104 valence electrons. The van der Waals surface area contributed by atoms with Crippen LogP contribution in [-0.4, -0.2) is 38.9 Å². The summed E-state index contributed by atoms with van der Waals surface area (Å²) >= 11 is 0. The highest BCUT2D eigenvalue weighted by Gasteiger charge is 2.22. The summed E-state index contributed by atoms with van der Waals surface area (Å²) in [7, 11) is 0. The second-order valence-corrected chi connectivity index (χ2v) is 5.87. The first-order chi connectivity index (χ1) is 9.33. The summed E-state index contributed by atoms with van der Waals surface area (Å²) in [6, 6.07) is 8.85. The van der Waals surface area contributed by atoms with Crippen LogP contribution in [0.1, 0.15) is 18.9 Å². The third-order valence-electron chi connectivity index (χ3n) is 4.16. The number of hydrogen-bond acceptors (Lipinski definition) is 3. The first kappa shape index (κ1) is 12.9. The molecule has 1 N–H and O–H groups in total. The van der Waals surface area contributed by atoms with Gasteiger partial charge in [0, 0.05) is 31.9 Å². The fourth-order valence-corrected chi connectivity index (χ4v) is 3.22. The van der Waals surface area contributed by atoms with E-state index >= 15 is 0 Å². The molecule has 0 aliphatic carbocycles. The van der Waals surface area contributed by atoms with Crippen LogP contribution in [0.4, 0.5) is 5.69 Å². The van der Waals surface area contributed by atoms with Crippen LogP contribution < -0.4 is 10.2 Å². The predicted molar refractivity (Wildman–Crippen MR) is 78.7 cm³/mol. The fraction of sp³-hybridized carbons (Fsp3) is 0.625. The van der Waals surface area contributed by atoms with Crippen LogP contribution in [0, 0.1) is 5.92 Å². The van der Waals surface area contributed by atoms with E-state index in [0.717, 1.165) is 38.6 Å². The third kappa shape index (κ3) is 3.10. The summed E-state index contributed by atoms with van der Waals surface area (Å²) in [6.45, 7) is 7.50. The summed E-state index contributed by atoms with van der Waals surface area (Å²) in [6.07, 6.45) is 2.72. The van der Waals surface area contributed by atoms with Gasteiger partial charge in [-0.15, -0.1) is 0 Å². The number of morpholine rings is 1. The van der Waals surface area contributed by atoms with Gasteiger partial charge in [-0.25, -0.2) is 0 Å². The molecule has 2 atom stereocenters. The molecule has 1 fully saturated rings. The number of fused-ring (bicyclic) bond motifs is 1. The molecular weight excluding hydrogens is 236 g/mol. The van der Waals surface area contributed by atoms with Crippen LogP contribution in [0.3, 0.4) is 0 Å². The van der Waals surface area contributed by atoms with Gasteiger partial charge in [-0.3, -0.25) is 0 Å². The number of ether oxygens (including phenoxy) is 1. The lowest BCUT2D eigenvalue weighted by Crippen LogP contribution is -2.42. The van der Waals surface area contributed by atoms with Crippen molar-refractivity contribution in [1.82, 2.24) is 5.32 Å². The van der Waals surface area contributed by atoms with Crippen LogP contribution in [0.15, 0.2) is 24.3 Å². The second kappa shape index (κ2) is 5.93. The molecule has 3 heteroatoms. The second-order valence-electron chi connectivity index (χ2n) is 5.87. The van der Waals surface area contributed by atoms with Gasteiger partial charge < -0.3 is 15.0 Å². The summed E-state index contributed by atoms with van der Waals surface area (Å²) < 4.78 is 5.79. The van der Waals surface area contributed by atoms with Crippen molar-refractivity contribution in [2.75, 3.05) is 37.7 Å². The molecule has 1 saturated heterocycles. The molecule has 19 heavy (non-hydrogen) atoms. The Morgan fingerprint density at radius 3 is 3.11 bits per heavy atom. The summed E-state index contributed by atoms with van der Waals surface area (Å²) in [5.74, 6) is 0.750. The van der Waals surface area contributed by atoms with Crippen molar-refractivity contribution in [3.63, 3.8) is 0 Å². The highest BCUT2D eigenvalue weighted by molar-refractivity contribution is 5.55. The SMILES string of the molecule is CC1Cc2ccccc2N(CCC2CNCCO2)C1. The zero-order chi connectivity index (χ0) is 13.1. The first-order valence-electron chi connectivity index (χ1n) is 7.48. The van der Waals surface area contributed by atoms with Crippen molar-refractivity contribution >= 4 is 5.69 Å². The van der Waals surface area contributed by atoms with Gasteiger partial charge in [-0.1, -0.05) is 25.1 Å². The monoisotopic (exact) mass is 260 g/mol.